The van der Waals surface area contributed by atoms with E-state index in [2.05, 4.69) is 43.0 Å². The second kappa shape index (κ2) is 7.71. The average molecular weight is 271 g/mol. The summed E-state index contributed by atoms with van der Waals surface area (Å²) in [5.74, 6) is 0. The van der Waals surface area contributed by atoms with Crippen molar-refractivity contribution in [2.75, 3.05) is 38.8 Å². The van der Waals surface area contributed by atoms with Crippen molar-refractivity contribution in [1.82, 2.24) is 10.3 Å². The van der Waals surface area contributed by atoms with Gasteiger partial charge in [0, 0.05) is 31.6 Å². The SMILES string of the molecule is CCCNC(C)c1sc(N(C)CCOC)nc1C. The van der Waals surface area contributed by atoms with Gasteiger partial charge in [-0.15, -0.1) is 11.3 Å². The van der Waals surface area contributed by atoms with E-state index in [1.54, 1.807) is 18.4 Å². The number of anilines is 1. The molecule has 0 radical (unpaired) electrons. The summed E-state index contributed by atoms with van der Waals surface area (Å²) < 4.78 is 5.09. The molecule has 0 spiro atoms. The number of aromatic nitrogens is 1. The minimum atomic E-state index is 0.382. The lowest BCUT2D eigenvalue weighted by atomic mass is 10.2. The van der Waals surface area contributed by atoms with Crippen LogP contribution in [-0.2, 0) is 4.74 Å². The second-order valence-electron chi connectivity index (χ2n) is 4.54. The lowest BCUT2D eigenvalue weighted by molar-refractivity contribution is 0.206. The van der Waals surface area contributed by atoms with Crippen LogP contribution >= 0.6 is 11.3 Å². The van der Waals surface area contributed by atoms with Crippen molar-refractivity contribution in [2.24, 2.45) is 0 Å². The van der Waals surface area contributed by atoms with Crippen molar-refractivity contribution in [1.29, 1.82) is 0 Å². The molecule has 1 N–H and O–H groups in total. The third-order valence-corrected chi connectivity index (χ3v) is 4.33. The van der Waals surface area contributed by atoms with Gasteiger partial charge in [-0.3, -0.25) is 0 Å². The van der Waals surface area contributed by atoms with E-state index in [1.165, 1.54) is 4.88 Å². The highest BCUT2D eigenvalue weighted by Crippen LogP contribution is 2.29. The highest BCUT2D eigenvalue weighted by molar-refractivity contribution is 7.15. The molecular weight excluding hydrogens is 246 g/mol. The van der Waals surface area contributed by atoms with Gasteiger partial charge in [0.2, 0.25) is 0 Å². The van der Waals surface area contributed by atoms with Crippen LogP contribution in [0.25, 0.3) is 0 Å². The molecular formula is C13H25N3OS. The molecule has 0 bridgehead atoms. The fourth-order valence-corrected chi connectivity index (χ4v) is 2.82. The third-order valence-electron chi connectivity index (χ3n) is 2.87. The zero-order chi connectivity index (χ0) is 13.5. The number of hydrogen-bond acceptors (Lipinski definition) is 5. The van der Waals surface area contributed by atoms with E-state index >= 15 is 0 Å². The minimum Gasteiger partial charge on any atom is -0.383 e. The molecule has 0 fully saturated rings. The van der Waals surface area contributed by atoms with E-state index in [0.29, 0.717) is 6.04 Å². The first-order valence-corrected chi connectivity index (χ1v) is 7.32. The Bertz CT molecular complexity index is 354. The van der Waals surface area contributed by atoms with E-state index in [4.69, 9.17) is 4.74 Å². The number of thiazole rings is 1. The first kappa shape index (κ1) is 15.4. The Balaban J connectivity index is 2.68. The zero-order valence-corrected chi connectivity index (χ0v) is 12.9. The molecule has 1 rings (SSSR count). The van der Waals surface area contributed by atoms with Crippen LogP contribution in [0.15, 0.2) is 0 Å². The Hall–Kier alpha value is -0.650. The summed E-state index contributed by atoms with van der Waals surface area (Å²) in [6.45, 7) is 9.13. The predicted molar refractivity (Wildman–Crippen MR) is 78.7 cm³/mol. The van der Waals surface area contributed by atoms with Gasteiger partial charge in [0.25, 0.3) is 0 Å². The fourth-order valence-electron chi connectivity index (χ4n) is 1.74. The smallest absolute Gasteiger partial charge is 0.185 e. The zero-order valence-electron chi connectivity index (χ0n) is 12.1. The summed E-state index contributed by atoms with van der Waals surface area (Å²) in [6, 6.07) is 0.382. The number of ether oxygens (including phenoxy) is 1. The van der Waals surface area contributed by atoms with Crippen LogP contribution in [0.5, 0.6) is 0 Å². The Morgan fingerprint density at radius 1 is 1.50 bits per heavy atom. The predicted octanol–water partition coefficient (Wildman–Crippen LogP) is 2.59. The molecule has 1 aromatic heterocycles. The summed E-state index contributed by atoms with van der Waals surface area (Å²) in [4.78, 5) is 8.13. The molecule has 0 aromatic carbocycles. The maximum absolute atomic E-state index is 5.09. The van der Waals surface area contributed by atoms with E-state index in [9.17, 15) is 0 Å². The summed E-state index contributed by atoms with van der Waals surface area (Å²) in [5, 5.41) is 4.59. The van der Waals surface area contributed by atoms with Gasteiger partial charge in [0.1, 0.15) is 0 Å². The summed E-state index contributed by atoms with van der Waals surface area (Å²) in [7, 11) is 3.79. The lowest BCUT2D eigenvalue weighted by Crippen LogP contribution is -2.21. The first-order valence-electron chi connectivity index (χ1n) is 6.50. The van der Waals surface area contributed by atoms with Gasteiger partial charge < -0.3 is 15.0 Å². The molecule has 18 heavy (non-hydrogen) atoms. The normalized spacial score (nSPS) is 12.7. The van der Waals surface area contributed by atoms with Crippen LogP contribution < -0.4 is 10.2 Å². The van der Waals surface area contributed by atoms with Gasteiger partial charge in [-0.1, -0.05) is 6.92 Å². The van der Waals surface area contributed by atoms with Gasteiger partial charge >= 0.3 is 0 Å². The molecule has 1 aromatic rings. The number of aryl methyl sites for hydroxylation is 1. The highest BCUT2D eigenvalue weighted by Gasteiger charge is 2.15. The maximum atomic E-state index is 5.09. The Morgan fingerprint density at radius 2 is 2.22 bits per heavy atom. The molecule has 0 saturated heterocycles. The number of nitrogens with zero attached hydrogens (tertiary/aromatic N) is 2. The van der Waals surface area contributed by atoms with Gasteiger partial charge in [-0.2, -0.15) is 0 Å². The Morgan fingerprint density at radius 3 is 2.83 bits per heavy atom. The van der Waals surface area contributed by atoms with E-state index < -0.39 is 0 Å². The van der Waals surface area contributed by atoms with Crippen molar-refractivity contribution >= 4 is 16.5 Å². The third kappa shape index (κ3) is 4.23. The molecule has 1 unspecified atom stereocenters. The standard InChI is InChI=1S/C13H25N3OS/c1-6-7-14-10(2)12-11(3)15-13(18-12)16(4)8-9-17-5/h10,14H,6-9H2,1-5H3. The molecule has 0 amide bonds. The molecule has 5 heteroatoms. The fraction of sp³-hybridized carbons (Fsp3) is 0.769. The van der Waals surface area contributed by atoms with Crippen LogP contribution in [0, 0.1) is 6.92 Å². The van der Waals surface area contributed by atoms with E-state index in [-0.39, 0.29) is 0 Å². The molecule has 0 saturated carbocycles. The quantitative estimate of drug-likeness (QED) is 0.788. The summed E-state index contributed by atoms with van der Waals surface area (Å²) in [6.07, 6.45) is 1.16. The van der Waals surface area contributed by atoms with E-state index in [1.807, 2.05) is 0 Å². The topological polar surface area (TPSA) is 37.4 Å². The minimum absolute atomic E-state index is 0.382. The largest absolute Gasteiger partial charge is 0.383 e. The molecule has 0 aliphatic carbocycles. The van der Waals surface area contributed by atoms with Crippen LogP contribution in [0.1, 0.15) is 36.9 Å². The van der Waals surface area contributed by atoms with Gasteiger partial charge in [0.15, 0.2) is 5.13 Å². The molecule has 4 nitrogen and oxygen atoms in total. The first-order chi connectivity index (χ1) is 8.60. The van der Waals surface area contributed by atoms with Crippen LogP contribution in [0.4, 0.5) is 5.13 Å². The van der Waals surface area contributed by atoms with E-state index in [0.717, 1.165) is 36.9 Å². The second-order valence-corrected chi connectivity index (χ2v) is 5.55. The van der Waals surface area contributed by atoms with Crippen molar-refractivity contribution in [3.63, 3.8) is 0 Å². The summed E-state index contributed by atoms with van der Waals surface area (Å²) in [5.41, 5.74) is 1.13. The molecule has 1 heterocycles. The van der Waals surface area contributed by atoms with Gasteiger partial charge in [-0.25, -0.2) is 4.98 Å². The number of hydrogen-bond donors (Lipinski definition) is 1. The highest BCUT2D eigenvalue weighted by atomic mass is 32.1. The molecule has 1 atom stereocenters. The number of nitrogens with one attached hydrogen (secondary N) is 1. The number of likely N-dealkylation sites (N-methyl/N-ethyl adjacent to an activating group) is 1. The van der Waals surface area contributed by atoms with Crippen molar-refractivity contribution in [3.8, 4) is 0 Å². The summed E-state index contributed by atoms with van der Waals surface area (Å²) >= 11 is 1.77. The van der Waals surface area contributed by atoms with Crippen molar-refractivity contribution < 1.29 is 4.74 Å². The maximum Gasteiger partial charge on any atom is 0.185 e. The lowest BCUT2D eigenvalue weighted by Gasteiger charge is -2.14. The van der Waals surface area contributed by atoms with Crippen LogP contribution in [-0.4, -0.2) is 38.8 Å². The molecule has 104 valence electrons. The monoisotopic (exact) mass is 271 g/mol. The van der Waals surface area contributed by atoms with Crippen molar-refractivity contribution in [2.45, 2.75) is 33.2 Å². The molecule has 0 aliphatic rings. The Labute approximate surface area is 114 Å². The van der Waals surface area contributed by atoms with Gasteiger partial charge in [-0.05, 0) is 26.8 Å². The van der Waals surface area contributed by atoms with Crippen LogP contribution in [0.3, 0.4) is 0 Å². The average Bonchev–Trinajstić information content (AvgIpc) is 2.75. The van der Waals surface area contributed by atoms with Gasteiger partial charge in [0.05, 0.1) is 12.3 Å². The van der Waals surface area contributed by atoms with Crippen molar-refractivity contribution in [3.05, 3.63) is 10.6 Å². The molecule has 0 aliphatic heterocycles. The Kier molecular flexibility index (Phi) is 6.60. The number of methoxy groups -OCH3 is 1. The van der Waals surface area contributed by atoms with Crippen LogP contribution in [0.2, 0.25) is 0 Å². The number of rotatable bonds is 8.